The average molecular weight is 359 g/mol. The number of thiol groups is 1. The van der Waals surface area contributed by atoms with Gasteiger partial charge >= 0.3 is 0 Å². The fourth-order valence-corrected chi connectivity index (χ4v) is 3.63. The van der Waals surface area contributed by atoms with E-state index in [1.165, 1.54) is 16.7 Å². The summed E-state index contributed by atoms with van der Waals surface area (Å²) in [6.07, 6.45) is 2.49. The molecule has 3 heteroatoms. The van der Waals surface area contributed by atoms with Crippen LogP contribution in [0, 0.1) is 13.8 Å². The van der Waals surface area contributed by atoms with Gasteiger partial charge in [0, 0.05) is 12.0 Å². The van der Waals surface area contributed by atoms with E-state index in [1.807, 2.05) is 30.3 Å². The van der Waals surface area contributed by atoms with Crippen molar-refractivity contribution in [2.75, 3.05) is 12.9 Å². The summed E-state index contributed by atoms with van der Waals surface area (Å²) in [4.78, 5) is 9.97. The zero-order chi connectivity index (χ0) is 18.9. The molecule has 0 amide bonds. The first-order chi connectivity index (χ1) is 11.9. The molecule has 0 fully saturated rings. The Bertz CT molecular complexity index is 663. The highest BCUT2D eigenvalue weighted by Crippen LogP contribution is 2.37. The van der Waals surface area contributed by atoms with E-state index in [-0.39, 0.29) is 5.41 Å². The summed E-state index contributed by atoms with van der Waals surface area (Å²) >= 11 is 4.34. The van der Waals surface area contributed by atoms with Crippen molar-refractivity contribution in [1.82, 2.24) is 0 Å². The molecule has 0 heterocycles. The number of benzene rings is 2. The normalized spacial score (nSPS) is 10.6. The molecule has 0 N–H and O–H groups in total. The number of carbonyl (C=O) groups is 1. The molecule has 0 bridgehead atoms. The van der Waals surface area contributed by atoms with Gasteiger partial charge in [-0.3, -0.25) is 0 Å². The molecule has 25 heavy (non-hydrogen) atoms. The van der Waals surface area contributed by atoms with E-state index in [0.717, 1.165) is 29.8 Å². The molecule has 0 aliphatic rings. The monoisotopic (exact) mass is 358 g/mol. The molecule has 0 saturated heterocycles. The molecule has 2 aromatic rings. The highest BCUT2D eigenvalue weighted by Gasteiger charge is 2.25. The minimum Gasteiger partial charge on any atom is -0.496 e. The number of ether oxygens (including phenoxy) is 1. The Hall–Kier alpha value is -1.74. The van der Waals surface area contributed by atoms with Crippen molar-refractivity contribution in [1.29, 1.82) is 0 Å². The first-order valence-corrected chi connectivity index (χ1v) is 9.23. The maximum atomic E-state index is 9.97. The number of rotatable bonds is 6. The van der Waals surface area contributed by atoms with Crippen molar-refractivity contribution in [2.24, 2.45) is 0 Å². The smallest absolute Gasteiger partial charge is 0.124 e. The van der Waals surface area contributed by atoms with E-state index in [0.29, 0.717) is 6.42 Å². The van der Waals surface area contributed by atoms with Gasteiger partial charge in [-0.15, -0.1) is 0 Å². The minimum atomic E-state index is 0.116. The summed E-state index contributed by atoms with van der Waals surface area (Å²) < 4.78 is 5.51. The van der Waals surface area contributed by atoms with Crippen molar-refractivity contribution < 1.29 is 9.53 Å². The Balaban J connectivity index is 0.000000293. The lowest BCUT2D eigenvalue weighted by atomic mass is 9.79. The maximum absolute atomic E-state index is 9.97. The first kappa shape index (κ1) is 21.3. The SMILES string of the molecule is COc1cc(C)cc(C)c1C(C)(C)CCS.O=CCc1ccccc1. The average Bonchev–Trinajstić information content (AvgIpc) is 2.55. The third-order valence-electron chi connectivity index (χ3n) is 4.24. The van der Waals surface area contributed by atoms with E-state index < -0.39 is 0 Å². The van der Waals surface area contributed by atoms with Crippen LogP contribution in [0.4, 0.5) is 0 Å². The van der Waals surface area contributed by atoms with Gasteiger partial charge in [0.15, 0.2) is 0 Å². The number of methoxy groups -OCH3 is 1. The lowest BCUT2D eigenvalue weighted by molar-refractivity contribution is -0.107. The second-order valence-electron chi connectivity index (χ2n) is 6.87. The molecule has 0 saturated carbocycles. The zero-order valence-corrected chi connectivity index (χ0v) is 16.9. The van der Waals surface area contributed by atoms with Crippen LogP contribution in [0.2, 0.25) is 0 Å². The lowest BCUT2D eigenvalue weighted by Crippen LogP contribution is -2.20. The second kappa shape index (κ2) is 10.3. The Morgan fingerprint density at radius 2 is 1.76 bits per heavy atom. The Labute approximate surface area is 158 Å². The van der Waals surface area contributed by atoms with Crippen molar-refractivity contribution >= 4 is 18.9 Å². The number of carbonyl (C=O) groups excluding carboxylic acids is 1. The Kier molecular flexibility index (Phi) is 8.77. The highest BCUT2D eigenvalue weighted by molar-refractivity contribution is 7.80. The van der Waals surface area contributed by atoms with Gasteiger partial charge < -0.3 is 9.53 Å². The van der Waals surface area contributed by atoms with Crippen LogP contribution < -0.4 is 4.74 Å². The van der Waals surface area contributed by atoms with E-state index in [1.54, 1.807) is 7.11 Å². The second-order valence-corrected chi connectivity index (χ2v) is 7.32. The molecule has 0 aliphatic heterocycles. The van der Waals surface area contributed by atoms with Gasteiger partial charge in [-0.25, -0.2) is 0 Å². The van der Waals surface area contributed by atoms with Gasteiger partial charge in [-0.1, -0.05) is 50.2 Å². The third-order valence-corrected chi connectivity index (χ3v) is 4.46. The molecule has 2 rings (SSSR count). The zero-order valence-electron chi connectivity index (χ0n) is 16.0. The molecule has 0 radical (unpaired) electrons. The molecule has 0 aliphatic carbocycles. The quantitative estimate of drug-likeness (QED) is 0.557. The standard InChI is InChI=1S/C14H22OS.C8H8O/c1-10-8-11(2)13(12(9-10)15-5)14(3,4)6-7-16;9-7-6-8-4-2-1-3-5-8/h8-9,16H,6-7H2,1-5H3;1-5,7H,6H2. The molecule has 0 unspecified atom stereocenters. The molecule has 0 aromatic heterocycles. The van der Waals surface area contributed by atoms with Crippen LogP contribution in [0.25, 0.3) is 0 Å². The van der Waals surface area contributed by atoms with Crippen LogP contribution >= 0.6 is 12.6 Å². The van der Waals surface area contributed by atoms with Crippen molar-refractivity contribution in [3.8, 4) is 5.75 Å². The van der Waals surface area contributed by atoms with Gasteiger partial charge in [-0.05, 0) is 54.2 Å². The van der Waals surface area contributed by atoms with Gasteiger partial charge in [0.1, 0.15) is 12.0 Å². The van der Waals surface area contributed by atoms with Crippen molar-refractivity contribution in [3.63, 3.8) is 0 Å². The van der Waals surface area contributed by atoms with Crippen LogP contribution in [-0.2, 0) is 16.6 Å². The topological polar surface area (TPSA) is 26.3 Å². The van der Waals surface area contributed by atoms with E-state index >= 15 is 0 Å². The predicted molar refractivity (Wildman–Crippen MR) is 110 cm³/mol. The summed E-state index contributed by atoms with van der Waals surface area (Å²) in [7, 11) is 1.74. The summed E-state index contributed by atoms with van der Waals surface area (Å²) in [6.45, 7) is 8.77. The summed E-state index contributed by atoms with van der Waals surface area (Å²) in [5.74, 6) is 1.90. The fourth-order valence-electron chi connectivity index (χ4n) is 3.07. The molecule has 136 valence electrons. The van der Waals surface area contributed by atoms with Crippen LogP contribution in [-0.4, -0.2) is 19.1 Å². The van der Waals surface area contributed by atoms with E-state index in [9.17, 15) is 4.79 Å². The minimum absolute atomic E-state index is 0.116. The fraction of sp³-hybridized carbons (Fsp3) is 0.409. The number of hydrogen-bond donors (Lipinski definition) is 1. The number of aldehydes is 1. The van der Waals surface area contributed by atoms with E-state index in [2.05, 4.69) is 52.5 Å². The van der Waals surface area contributed by atoms with Gasteiger partial charge in [0.2, 0.25) is 0 Å². The predicted octanol–water partition coefficient (Wildman–Crippen LogP) is 5.34. The molecule has 2 nitrogen and oxygen atoms in total. The van der Waals surface area contributed by atoms with Crippen LogP contribution in [0.3, 0.4) is 0 Å². The van der Waals surface area contributed by atoms with Crippen LogP contribution in [0.5, 0.6) is 5.75 Å². The molecular formula is C22H30O2S. The molecule has 0 spiro atoms. The highest BCUT2D eigenvalue weighted by atomic mass is 32.1. The van der Waals surface area contributed by atoms with Gasteiger partial charge in [-0.2, -0.15) is 12.6 Å². The summed E-state index contributed by atoms with van der Waals surface area (Å²) in [6, 6.07) is 14.0. The number of hydrogen-bond acceptors (Lipinski definition) is 3. The maximum Gasteiger partial charge on any atom is 0.124 e. The molecule has 2 aromatic carbocycles. The Morgan fingerprint density at radius 3 is 2.28 bits per heavy atom. The first-order valence-electron chi connectivity index (χ1n) is 8.60. The molecule has 0 atom stereocenters. The van der Waals surface area contributed by atoms with Gasteiger partial charge in [0.05, 0.1) is 7.11 Å². The van der Waals surface area contributed by atoms with E-state index in [4.69, 9.17) is 4.74 Å². The largest absolute Gasteiger partial charge is 0.496 e. The lowest BCUT2D eigenvalue weighted by Gasteiger charge is -2.28. The van der Waals surface area contributed by atoms with Crippen molar-refractivity contribution in [3.05, 3.63) is 64.7 Å². The van der Waals surface area contributed by atoms with Crippen molar-refractivity contribution in [2.45, 2.75) is 46.0 Å². The van der Waals surface area contributed by atoms with Crippen LogP contribution in [0.1, 0.15) is 42.5 Å². The third kappa shape index (κ3) is 6.58. The summed E-state index contributed by atoms with van der Waals surface area (Å²) in [5, 5.41) is 0. The number of aryl methyl sites for hydroxylation is 2. The van der Waals surface area contributed by atoms with Crippen LogP contribution in [0.15, 0.2) is 42.5 Å². The summed E-state index contributed by atoms with van der Waals surface area (Å²) in [5.41, 5.74) is 5.07. The van der Waals surface area contributed by atoms with Gasteiger partial charge in [0.25, 0.3) is 0 Å². The molecular weight excluding hydrogens is 328 g/mol. The Morgan fingerprint density at radius 1 is 1.12 bits per heavy atom.